The zero-order chi connectivity index (χ0) is 15.0. The maximum Gasteiger partial charge on any atom is 0.336 e. The highest BCUT2D eigenvalue weighted by Gasteiger charge is 2.39. The van der Waals surface area contributed by atoms with Crippen LogP contribution in [-0.2, 0) is 23.8 Å². The summed E-state index contributed by atoms with van der Waals surface area (Å²) in [7, 11) is 1.31. The highest BCUT2D eigenvalue weighted by Crippen LogP contribution is 2.38. The van der Waals surface area contributed by atoms with Gasteiger partial charge in [-0.3, -0.25) is 4.79 Å². The molecule has 2 heterocycles. The minimum atomic E-state index is -0.705. The number of carbonyl (C=O) groups is 2. The van der Waals surface area contributed by atoms with Gasteiger partial charge in [-0.25, -0.2) is 4.79 Å². The third kappa shape index (κ3) is 2.66. The maximum atomic E-state index is 11.8. The molecule has 0 N–H and O–H groups in total. The molecular weight excluding hydrogens is 296 g/mol. The summed E-state index contributed by atoms with van der Waals surface area (Å²) in [5, 5.41) is 0.556. The smallest absolute Gasteiger partial charge is 0.336 e. The Morgan fingerprint density at radius 3 is 3.00 bits per heavy atom. The largest absolute Gasteiger partial charge is 0.466 e. The summed E-state index contributed by atoms with van der Waals surface area (Å²) in [6.07, 6.45) is 1.23. The summed E-state index contributed by atoms with van der Waals surface area (Å²) < 4.78 is 15.5. The molecule has 6 heteroatoms. The van der Waals surface area contributed by atoms with Crippen molar-refractivity contribution < 1.29 is 23.8 Å². The average Bonchev–Trinajstić information content (AvgIpc) is 2.82. The van der Waals surface area contributed by atoms with Gasteiger partial charge in [0.05, 0.1) is 31.6 Å². The molecule has 0 aliphatic carbocycles. The summed E-state index contributed by atoms with van der Waals surface area (Å²) >= 11 is 6.04. The molecule has 1 aromatic rings. The molecule has 2 aliphatic heterocycles. The molecule has 2 unspecified atom stereocenters. The fourth-order valence-electron chi connectivity index (χ4n) is 2.59. The van der Waals surface area contributed by atoms with Crippen LogP contribution in [0, 0.1) is 0 Å². The normalized spacial score (nSPS) is 26.6. The number of carbonyl (C=O) groups excluding carboxylic acids is 2. The number of fused-ring (bicyclic) bond motifs is 3. The molecule has 0 bridgehead atoms. The Morgan fingerprint density at radius 1 is 1.43 bits per heavy atom. The quantitative estimate of drug-likeness (QED) is 0.745. The second-order valence-electron chi connectivity index (χ2n) is 4.91. The zero-order valence-corrected chi connectivity index (χ0v) is 12.1. The van der Waals surface area contributed by atoms with Crippen LogP contribution in [0.25, 0.3) is 6.08 Å². The molecule has 1 fully saturated rings. The molecule has 21 heavy (non-hydrogen) atoms. The lowest BCUT2D eigenvalue weighted by atomic mass is 9.90. The Balaban J connectivity index is 2.10. The van der Waals surface area contributed by atoms with Crippen LogP contribution in [0.15, 0.2) is 23.8 Å². The van der Waals surface area contributed by atoms with Crippen molar-refractivity contribution in [1.82, 2.24) is 0 Å². The van der Waals surface area contributed by atoms with Crippen LogP contribution in [0.1, 0.15) is 23.5 Å². The Labute approximate surface area is 126 Å². The SMILES string of the molecule is COC(=O)/C1=C/c2ccc(Cl)cc2C2CC(=O)OC2OC1. The van der Waals surface area contributed by atoms with Gasteiger partial charge < -0.3 is 14.2 Å². The standard InChI is InChI=1S/C15H13ClO5/c1-19-14(18)9-4-8-2-3-10(16)5-11(8)12-6-13(17)21-15(12)20-7-9/h2-5,12,15H,6-7H2,1H3/b9-4+. The van der Waals surface area contributed by atoms with E-state index in [1.807, 2.05) is 6.07 Å². The number of halogens is 1. The van der Waals surface area contributed by atoms with E-state index >= 15 is 0 Å². The first-order valence-electron chi connectivity index (χ1n) is 6.48. The van der Waals surface area contributed by atoms with E-state index in [1.165, 1.54) is 7.11 Å². The Bertz CT molecular complexity index is 637. The van der Waals surface area contributed by atoms with E-state index in [0.717, 1.165) is 11.1 Å². The molecule has 0 amide bonds. The number of rotatable bonds is 1. The molecule has 5 nitrogen and oxygen atoms in total. The number of methoxy groups -OCH3 is 1. The van der Waals surface area contributed by atoms with Crippen LogP contribution in [0.3, 0.4) is 0 Å². The van der Waals surface area contributed by atoms with Crippen molar-refractivity contribution >= 4 is 29.6 Å². The third-order valence-electron chi connectivity index (χ3n) is 3.59. The van der Waals surface area contributed by atoms with Gasteiger partial charge in [0, 0.05) is 5.02 Å². The highest BCUT2D eigenvalue weighted by atomic mass is 35.5. The van der Waals surface area contributed by atoms with Crippen molar-refractivity contribution in [3.05, 3.63) is 39.9 Å². The summed E-state index contributed by atoms with van der Waals surface area (Å²) in [5.74, 6) is -1.02. The third-order valence-corrected chi connectivity index (χ3v) is 3.83. The minimum absolute atomic E-state index is 0.0309. The predicted molar refractivity (Wildman–Crippen MR) is 74.6 cm³/mol. The van der Waals surface area contributed by atoms with Gasteiger partial charge in [0.15, 0.2) is 0 Å². The van der Waals surface area contributed by atoms with Crippen molar-refractivity contribution in [3.63, 3.8) is 0 Å². The van der Waals surface area contributed by atoms with E-state index in [0.29, 0.717) is 10.6 Å². The molecule has 0 spiro atoms. The van der Waals surface area contributed by atoms with E-state index in [9.17, 15) is 9.59 Å². The Morgan fingerprint density at radius 2 is 2.24 bits per heavy atom. The molecule has 2 atom stereocenters. The number of ether oxygens (including phenoxy) is 3. The molecule has 1 aromatic carbocycles. The van der Waals surface area contributed by atoms with Gasteiger partial charge in [0.25, 0.3) is 0 Å². The van der Waals surface area contributed by atoms with Crippen molar-refractivity contribution in [1.29, 1.82) is 0 Å². The Hall–Kier alpha value is -1.85. The maximum absolute atomic E-state index is 11.8. The Kier molecular flexibility index (Phi) is 3.69. The summed E-state index contributed by atoms with van der Waals surface area (Å²) in [6, 6.07) is 5.32. The lowest BCUT2D eigenvalue weighted by Crippen LogP contribution is -2.24. The van der Waals surface area contributed by atoms with Crippen LogP contribution < -0.4 is 0 Å². The monoisotopic (exact) mass is 308 g/mol. The van der Waals surface area contributed by atoms with E-state index in [4.69, 9.17) is 25.8 Å². The van der Waals surface area contributed by atoms with Crippen LogP contribution in [-0.4, -0.2) is 31.9 Å². The van der Waals surface area contributed by atoms with E-state index < -0.39 is 12.3 Å². The van der Waals surface area contributed by atoms with E-state index in [2.05, 4.69) is 0 Å². The molecule has 2 aliphatic rings. The topological polar surface area (TPSA) is 61.8 Å². The summed E-state index contributed by atoms with van der Waals surface area (Å²) in [5.41, 5.74) is 2.01. The molecule has 3 rings (SSSR count). The summed E-state index contributed by atoms with van der Waals surface area (Å²) in [6.45, 7) is 0.0309. The van der Waals surface area contributed by atoms with Crippen molar-refractivity contribution in [2.24, 2.45) is 0 Å². The van der Waals surface area contributed by atoms with Crippen LogP contribution in [0.2, 0.25) is 5.02 Å². The molecule has 0 aromatic heterocycles. The molecule has 0 radical (unpaired) electrons. The lowest BCUT2D eigenvalue weighted by molar-refractivity contribution is -0.163. The first-order chi connectivity index (χ1) is 10.1. The number of hydrogen-bond acceptors (Lipinski definition) is 5. The second kappa shape index (κ2) is 5.50. The molecule has 0 saturated carbocycles. The van der Waals surface area contributed by atoms with Crippen molar-refractivity contribution in [2.45, 2.75) is 18.6 Å². The zero-order valence-electron chi connectivity index (χ0n) is 11.3. The van der Waals surface area contributed by atoms with Crippen LogP contribution >= 0.6 is 11.6 Å². The van der Waals surface area contributed by atoms with Gasteiger partial charge in [0.1, 0.15) is 0 Å². The molecular formula is C15H13ClO5. The second-order valence-corrected chi connectivity index (χ2v) is 5.35. The number of hydrogen-bond donors (Lipinski definition) is 0. The first kappa shape index (κ1) is 14.1. The van der Waals surface area contributed by atoms with Crippen molar-refractivity contribution in [2.75, 3.05) is 13.7 Å². The molecule has 1 saturated heterocycles. The van der Waals surface area contributed by atoms with Gasteiger partial charge in [0.2, 0.25) is 6.29 Å². The van der Waals surface area contributed by atoms with Gasteiger partial charge >= 0.3 is 11.9 Å². The lowest BCUT2D eigenvalue weighted by Gasteiger charge is -2.23. The first-order valence-corrected chi connectivity index (χ1v) is 6.85. The predicted octanol–water partition coefficient (Wildman–Crippen LogP) is 2.28. The van der Waals surface area contributed by atoms with Gasteiger partial charge in [-0.2, -0.15) is 0 Å². The summed E-state index contributed by atoms with van der Waals surface area (Å²) in [4.78, 5) is 23.3. The van der Waals surface area contributed by atoms with Crippen LogP contribution in [0.4, 0.5) is 0 Å². The fourth-order valence-corrected chi connectivity index (χ4v) is 2.77. The van der Waals surface area contributed by atoms with E-state index in [1.54, 1.807) is 18.2 Å². The van der Waals surface area contributed by atoms with Crippen molar-refractivity contribution in [3.8, 4) is 0 Å². The number of esters is 2. The van der Waals surface area contributed by atoms with Crippen LogP contribution in [0.5, 0.6) is 0 Å². The average molecular weight is 309 g/mol. The number of benzene rings is 1. The van der Waals surface area contributed by atoms with Gasteiger partial charge in [-0.1, -0.05) is 17.7 Å². The van der Waals surface area contributed by atoms with E-state index in [-0.39, 0.29) is 24.9 Å². The van der Waals surface area contributed by atoms with Gasteiger partial charge in [-0.15, -0.1) is 0 Å². The molecule has 110 valence electrons. The highest BCUT2D eigenvalue weighted by molar-refractivity contribution is 6.30. The minimum Gasteiger partial charge on any atom is -0.466 e. The fraction of sp³-hybridized carbons (Fsp3) is 0.333. The van der Waals surface area contributed by atoms with Gasteiger partial charge in [-0.05, 0) is 29.3 Å².